The van der Waals surface area contributed by atoms with Crippen molar-refractivity contribution >= 4 is 15.9 Å². The van der Waals surface area contributed by atoms with Crippen LogP contribution in [0.2, 0.25) is 0 Å². The van der Waals surface area contributed by atoms with E-state index in [9.17, 15) is 0 Å². The predicted octanol–water partition coefficient (Wildman–Crippen LogP) is 0.125. The van der Waals surface area contributed by atoms with Gasteiger partial charge in [-0.05, 0) is 6.42 Å². The standard InChI is InChI=1S/C5H9BrO2/c6-4-1-5(4,2-7)3-8/h4,7-8H,1-3H2. The van der Waals surface area contributed by atoms with Crippen molar-refractivity contribution in [2.24, 2.45) is 5.41 Å². The summed E-state index contributed by atoms with van der Waals surface area (Å²) in [4.78, 5) is 0.338. The first kappa shape index (κ1) is 6.52. The SMILES string of the molecule is OCC1(CO)CC1Br. The molecule has 1 atom stereocenters. The molecule has 1 saturated carbocycles. The summed E-state index contributed by atoms with van der Waals surface area (Å²) in [7, 11) is 0. The van der Waals surface area contributed by atoms with E-state index in [1.54, 1.807) is 0 Å². The summed E-state index contributed by atoms with van der Waals surface area (Å²) in [6.45, 7) is 0.193. The Morgan fingerprint density at radius 1 is 1.50 bits per heavy atom. The van der Waals surface area contributed by atoms with Crippen LogP contribution in [0.3, 0.4) is 0 Å². The van der Waals surface area contributed by atoms with Crippen molar-refractivity contribution in [2.45, 2.75) is 11.2 Å². The maximum Gasteiger partial charge on any atom is 0.0520 e. The summed E-state index contributed by atoms with van der Waals surface area (Å²) in [6, 6.07) is 0. The second kappa shape index (κ2) is 1.97. The summed E-state index contributed by atoms with van der Waals surface area (Å²) >= 11 is 3.31. The van der Waals surface area contributed by atoms with E-state index in [1.807, 2.05) is 0 Å². The third kappa shape index (κ3) is 0.787. The molecule has 1 unspecified atom stereocenters. The van der Waals surface area contributed by atoms with Crippen LogP contribution < -0.4 is 0 Å². The second-order valence-electron chi connectivity index (χ2n) is 2.35. The lowest BCUT2D eigenvalue weighted by atomic mass is 10.1. The van der Waals surface area contributed by atoms with Crippen LogP contribution >= 0.6 is 15.9 Å². The highest BCUT2D eigenvalue weighted by atomic mass is 79.9. The average molecular weight is 181 g/mol. The molecule has 8 heavy (non-hydrogen) atoms. The Bertz CT molecular complexity index is 84.9. The fourth-order valence-corrected chi connectivity index (χ4v) is 1.61. The molecule has 0 bridgehead atoms. The van der Waals surface area contributed by atoms with Crippen LogP contribution in [0, 0.1) is 5.41 Å². The number of hydrogen-bond acceptors (Lipinski definition) is 2. The van der Waals surface area contributed by atoms with Gasteiger partial charge in [-0.1, -0.05) is 15.9 Å². The zero-order valence-electron chi connectivity index (χ0n) is 4.47. The Balaban J connectivity index is 2.39. The summed E-state index contributed by atoms with van der Waals surface area (Å²) in [5.41, 5.74) is -0.181. The number of halogens is 1. The molecule has 0 aromatic rings. The minimum atomic E-state index is -0.181. The van der Waals surface area contributed by atoms with Crippen LogP contribution in [-0.2, 0) is 0 Å². The maximum atomic E-state index is 8.64. The van der Waals surface area contributed by atoms with Gasteiger partial charge in [0.1, 0.15) is 0 Å². The zero-order chi connectivity index (χ0) is 6.20. The van der Waals surface area contributed by atoms with E-state index in [0.29, 0.717) is 4.83 Å². The molecular formula is C5H9BrO2. The fourth-order valence-electron chi connectivity index (χ4n) is 0.675. The Labute approximate surface area is 56.6 Å². The molecule has 1 rings (SSSR count). The van der Waals surface area contributed by atoms with Crippen molar-refractivity contribution in [1.82, 2.24) is 0 Å². The molecule has 0 aromatic heterocycles. The molecular weight excluding hydrogens is 172 g/mol. The lowest BCUT2D eigenvalue weighted by Gasteiger charge is -2.04. The Hall–Kier alpha value is 0.400. The highest BCUT2D eigenvalue weighted by molar-refractivity contribution is 9.09. The predicted molar refractivity (Wildman–Crippen MR) is 33.9 cm³/mol. The third-order valence-electron chi connectivity index (χ3n) is 1.72. The van der Waals surface area contributed by atoms with E-state index in [0.717, 1.165) is 6.42 Å². The van der Waals surface area contributed by atoms with Gasteiger partial charge in [-0.25, -0.2) is 0 Å². The van der Waals surface area contributed by atoms with Gasteiger partial charge in [0.25, 0.3) is 0 Å². The monoisotopic (exact) mass is 180 g/mol. The summed E-state index contributed by atoms with van der Waals surface area (Å²) in [5.74, 6) is 0. The maximum absolute atomic E-state index is 8.64. The van der Waals surface area contributed by atoms with Gasteiger partial charge in [-0.15, -0.1) is 0 Å². The van der Waals surface area contributed by atoms with Gasteiger partial charge in [-0.2, -0.15) is 0 Å². The van der Waals surface area contributed by atoms with Crippen LogP contribution in [0.5, 0.6) is 0 Å². The summed E-state index contributed by atoms with van der Waals surface area (Å²) in [6.07, 6.45) is 0.903. The number of alkyl halides is 1. The Kier molecular flexibility index (Phi) is 1.61. The first-order valence-corrected chi connectivity index (χ1v) is 3.52. The van der Waals surface area contributed by atoms with Crippen molar-refractivity contribution in [3.63, 3.8) is 0 Å². The van der Waals surface area contributed by atoms with Crippen LogP contribution in [-0.4, -0.2) is 28.3 Å². The molecule has 1 aliphatic carbocycles. The molecule has 1 fully saturated rings. The zero-order valence-corrected chi connectivity index (χ0v) is 6.06. The second-order valence-corrected chi connectivity index (χ2v) is 3.46. The molecule has 0 saturated heterocycles. The molecule has 0 aliphatic heterocycles. The minimum Gasteiger partial charge on any atom is -0.396 e. The lowest BCUT2D eigenvalue weighted by Crippen LogP contribution is -2.14. The first-order chi connectivity index (χ1) is 3.75. The molecule has 0 amide bonds. The van der Waals surface area contributed by atoms with Crippen molar-refractivity contribution < 1.29 is 10.2 Å². The summed E-state index contributed by atoms with van der Waals surface area (Å²) < 4.78 is 0. The molecule has 48 valence electrons. The van der Waals surface area contributed by atoms with E-state index in [-0.39, 0.29) is 18.6 Å². The van der Waals surface area contributed by atoms with E-state index < -0.39 is 0 Å². The smallest absolute Gasteiger partial charge is 0.0520 e. The topological polar surface area (TPSA) is 40.5 Å². The van der Waals surface area contributed by atoms with Gasteiger partial charge in [-0.3, -0.25) is 0 Å². The number of hydrogen-bond donors (Lipinski definition) is 2. The number of aliphatic hydroxyl groups is 2. The number of aliphatic hydroxyl groups excluding tert-OH is 2. The molecule has 1 aliphatic rings. The molecule has 0 aromatic carbocycles. The van der Waals surface area contributed by atoms with Crippen LogP contribution in [0.25, 0.3) is 0 Å². The van der Waals surface area contributed by atoms with E-state index in [1.165, 1.54) is 0 Å². The highest BCUT2D eigenvalue weighted by Crippen LogP contribution is 2.50. The van der Waals surface area contributed by atoms with Gasteiger partial charge in [0.05, 0.1) is 13.2 Å². The van der Waals surface area contributed by atoms with Crippen molar-refractivity contribution in [3.05, 3.63) is 0 Å². The van der Waals surface area contributed by atoms with Gasteiger partial charge in [0.2, 0.25) is 0 Å². The fraction of sp³-hybridized carbons (Fsp3) is 1.00. The van der Waals surface area contributed by atoms with Crippen LogP contribution in [0.1, 0.15) is 6.42 Å². The molecule has 0 spiro atoms. The van der Waals surface area contributed by atoms with Gasteiger partial charge in [0, 0.05) is 10.2 Å². The van der Waals surface area contributed by atoms with Crippen molar-refractivity contribution in [1.29, 1.82) is 0 Å². The van der Waals surface area contributed by atoms with Crippen molar-refractivity contribution in [2.75, 3.05) is 13.2 Å². The van der Waals surface area contributed by atoms with Gasteiger partial charge < -0.3 is 10.2 Å². The van der Waals surface area contributed by atoms with Gasteiger partial charge in [0.15, 0.2) is 0 Å². The van der Waals surface area contributed by atoms with Crippen LogP contribution in [0.15, 0.2) is 0 Å². The largest absolute Gasteiger partial charge is 0.396 e. The van der Waals surface area contributed by atoms with E-state index >= 15 is 0 Å². The van der Waals surface area contributed by atoms with Gasteiger partial charge >= 0.3 is 0 Å². The normalized spacial score (nSPS) is 32.6. The molecule has 0 radical (unpaired) electrons. The lowest BCUT2D eigenvalue weighted by molar-refractivity contribution is 0.136. The Morgan fingerprint density at radius 3 is 1.88 bits per heavy atom. The Morgan fingerprint density at radius 2 is 1.88 bits per heavy atom. The average Bonchev–Trinajstić information content (AvgIpc) is 2.43. The molecule has 0 heterocycles. The first-order valence-electron chi connectivity index (χ1n) is 2.61. The van der Waals surface area contributed by atoms with E-state index in [4.69, 9.17) is 10.2 Å². The van der Waals surface area contributed by atoms with Crippen LogP contribution in [0.4, 0.5) is 0 Å². The van der Waals surface area contributed by atoms with E-state index in [2.05, 4.69) is 15.9 Å². The quantitative estimate of drug-likeness (QED) is 0.594. The molecule has 3 heteroatoms. The third-order valence-corrected chi connectivity index (χ3v) is 3.01. The highest BCUT2D eigenvalue weighted by Gasteiger charge is 2.51. The molecule has 2 nitrogen and oxygen atoms in total. The minimum absolute atomic E-state index is 0.0966. The van der Waals surface area contributed by atoms with Crippen molar-refractivity contribution in [3.8, 4) is 0 Å². The number of rotatable bonds is 2. The molecule has 2 N–H and O–H groups in total. The summed E-state index contributed by atoms with van der Waals surface area (Å²) in [5, 5.41) is 17.3.